The summed E-state index contributed by atoms with van der Waals surface area (Å²) in [5.74, 6) is 0.986. The van der Waals surface area contributed by atoms with Crippen LogP contribution in [0.15, 0.2) is 18.2 Å². The summed E-state index contributed by atoms with van der Waals surface area (Å²) in [5.41, 5.74) is 0.932. The van der Waals surface area contributed by atoms with Crippen molar-refractivity contribution in [3.8, 4) is 5.75 Å². The summed E-state index contributed by atoms with van der Waals surface area (Å²) in [6.07, 6.45) is 5.65. The van der Waals surface area contributed by atoms with Gasteiger partial charge in [-0.05, 0) is 57.6 Å². The van der Waals surface area contributed by atoms with Crippen molar-refractivity contribution in [3.63, 3.8) is 0 Å². The van der Waals surface area contributed by atoms with Crippen molar-refractivity contribution in [3.05, 3.63) is 29.6 Å². The molecule has 0 aliphatic heterocycles. The standard InChI is InChI=1S/C18H28FNO/c1-4-12-20-14(3)16-6-5-7-17(19)18(16)21-15-10-8-13(2)9-11-15/h5-7,13-15,20H,4,8-12H2,1-3H3. The number of halogens is 1. The van der Waals surface area contributed by atoms with Crippen LogP contribution in [0.25, 0.3) is 0 Å². The molecule has 0 radical (unpaired) electrons. The van der Waals surface area contributed by atoms with Gasteiger partial charge >= 0.3 is 0 Å². The van der Waals surface area contributed by atoms with Crippen LogP contribution >= 0.6 is 0 Å². The van der Waals surface area contributed by atoms with Crippen molar-refractivity contribution in [1.82, 2.24) is 5.32 Å². The summed E-state index contributed by atoms with van der Waals surface area (Å²) in [5, 5.41) is 3.41. The second-order valence-electron chi connectivity index (χ2n) is 6.33. The molecule has 0 spiro atoms. The summed E-state index contributed by atoms with van der Waals surface area (Å²) < 4.78 is 20.3. The molecule has 1 N–H and O–H groups in total. The quantitative estimate of drug-likeness (QED) is 0.810. The summed E-state index contributed by atoms with van der Waals surface area (Å²) in [7, 11) is 0. The maximum absolute atomic E-state index is 14.2. The highest BCUT2D eigenvalue weighted by Crippen LogP contribution is 2.33. The van der Waals surface area contributed by atoms with Gasteiger partial charge in [0.25, 0.3) is 0 Å². The lowest BCUT2D eigenvalue weighted by Crippen LogP contribution is -2.25. The highest BCUT2D eigenvalue weighted by Gasteiger charge is 2.23. The van der Waals surface area contributed by atoms with E-state index in [1.54, 1.807) is 6.07 Å². The SMILES string of the molecule is CCCNC(C)c1cccc(F)c1OC1CCC(C)CC1. The molecule has 2 nitrogen and oxygen atoms in total. The average Bonchev–Trinajstić information content (AvgIpc) is 2.49. The zero-order valence-corrected chi connectivity index (χ0v) is 13.5. The van der Waals surface area contributed by atoms with E-state index in [1.165, 1.54) is 18.9 Å². The number of nitrogens with one attached hydrogen (secondary N) is 1. The van der Waals surface area contributed by atoms with Crippen LogP contribution in [0, 0.1) is 11.7 Å². The van der Waals surface area contributed by atoms with E-state index < -0.39 is 0 Å². The molecular weight excluding hydrogens is 265 g/mol. The molecule has 1 unspecified atom stereocenters. The molecule has 21 heavy (non-hydrogen) atoms. The summed E-state index contributed by atoms with van der Waals surface area (Å²) in [6, 6.07) is 5.34. The molecule has 0 saturated heterocycles. The van der Waals surface area contributed by atoms with Crippen LogP contribution in [-0.2, 0) is 0 Å². The van der Waals surface area contributed by atoms with Crippen molar-refractivity contribution in [1.29, 1.82) is 0 Å². The van der Waals surface area contributed by atoms with Gasteiger partial charge in [0.05, 0.1) is 6.10 Å². The van der Waals surface area contributed by atoms with Gasteiger partial charge in [-0.1, -0.05) is 26.0 Å². The Labute approximate surface area is 128 Å². The van der Waals surface area contributed by atoms with Gasteiger partial charge in [-0.15, -0.1) is 0 Å². The molecule has 118 valence electrons. The van der Waals surface area contributed by atoms with Crippen molar-refractivity contribution in [2.75, 3.05) is 6.54 Å². The van der Waals surface area contributed by atoms with Crippen LogP contribution < -0.4 is 10.1 Å². The van der Waals surface area contributed by atoms with E-state index in [2.05, 4.69) is 26.1 Å². The Kier molecular flexibility index (Phi) is 6.04. The van der Waals surface area contributed by atoms with Crippen LogP contribution in [0.3, 0.4) is 0 Å². The van der Waals surface area contributed by atoms with Crippen LogP contribution in [-0.4, -0.2) is 12.6 Å². The molecule has 1 aliphatic carbocycles. The zero-order chi connectivity index (χ0) is 15.2. The van der Waals surface area contributed by atoms with E-state index >= 15 is 0 Å². The first-order valence-corrected chi connectivity index (χ1v) is 8.30. The van der Waals surface area contributed by atoms with Gasteiger partial charge in [-0.25, -0.2) is 4.39 Å². The summed E-state index contributed by atoms with van der Waals surface area (Å²) in [6.45, 7) is 7.41. The van der Waals surface area contributed by atoms with Gasteiger partial charge < -0.3 is 10.1 Å². The van der Waals surface area contributed by atoms with Crippen molar-refractivity contribution in [2.24, 2.45) is 5.92 Å². The maximum atomic E-state index is 14.2. The van der Waals surface area contributed by atoms with E-state index in [-0.39, 0.29) is 18.0 Å². The van der Waals surface area contributed by atoms with Crippen LogP contribution in [0.5, 0.6) is 5.75 Å². The second kappa shape index (κ2) is 7.79. The zero-order valence-electron chi connectivity index (χ0n) is 13.5. The van der Waals surface area contributed by atoms with Crippen LogP contribution in [0.1, 0.15) is 64.5 Å². The lowest BCUT2D eigenvalue weighted by Gasteiger charge is -2.28. The smallest absolute Gasteiger partial charge is 0.165 e. The molecule has 1 fully saturated rings. The number of benzene rings is 1. The third-order valence-corrected chi connectivity index (χ3v) is 4.41. The Hall–Kier alpha value is -1.09. The first-order valence-electron chi connectivity index (χ1n) is 8.30. The van der Waals surface area contributed by atoms with Gasteiger partial charge in [0.2, 0.25) is 0 Å². The van der Waals surface area contributed by atoms with E-state index in [1.807, 2.05) is 6.07 Å². The predicted molar refractivity (Wildman–Crippen MR) is 85.2 cm³/mol. The Balaban J connectivity index is 2.10. The first kappa shape index (κ1) is 16.3. The fourth-order valence-corrected chi connectivity index (χ4v) is 2.98. The number of rotatable bonds is 6. The van der Waals surface area contributed by atoms with E-state index in [9.17, 15) is 4.39 Å². The lowest BCUT2D eigenvalue weighted by molar-refractivity contribution is 0.128. The minimum atomic E-state index is -0.240. The highest BCUT2D eigenvalue weighted by atomic mass is 19.1. The molecule has 1 aliphatic rings. The fraction of sp³-hybridized carbons (Fsp3) is 0.667. The molecule has 1 atom stereocenters. The van der Waals surface area contributed by atoms with Gasteiger partial charge in [-0.2, -0.15) is 0 Å². The fourth-order valence-electron chi connectivity index (χ4n) is 2.98. The third kappa shape index (κ3) is 4.44. The molecule has 1 aromatic carbocycles. The molecular formula is C18H28FNO. The van der Waals surface area contributed by atoms with Crippen molar-refractivity contribution >= 4 is 0 Å². The molecule has 1 saturated carbocycles. The number of ether oxygens (including phenoxy) is 1. The lowest BCUT2D eigenvalue weighted by atomic mass is 9.89. The number of hydrogen-bond donors (Lipinski definition) is 1. The number of para-hydroxylation sites is 1. The van der Waals surface area contributed by atoms with Crippen LogP contribution in [0.2, 0.25) is 0 Å². The summed E-state index contributed by atoms with van der Waals surface area (Å²) in [4.78, 5) is 0. The minimum Gasteiger partial charge on any atom is -0.487 e. The van der Waals surface area contributed by atoms with Gasteiger partial charge in [0, 0.05) is 11.6 Å². The van der Waals surface area contributed by atoms with Gasteiger partial charge in [0.15, 0.2) is 11.6 Å². The highest BCUT2D eigenvalue weighted by molar-refractivity contribution is 5.37. The Morgan fingerprint density at radius 3 is 2.67 bits per heavy atom. The van der Waals surface area contributed by atoms with Gasteiger partial charge in [-0.3, -0.25) is 0 Å². The Morgan fingerprint density at radius 2 is 2.00 bits per heavy atom. The Bertz CT molecular complexity index is 441. The molecule has 2 rings (SSSR count). The molecule has 0 heterocycles. The van der Waals surface area contributed by atoms with Crippen LogP contribution in [0.4, 0.5) is 4.39 Å². The maximum Gasteiger partial charge on any atom is 0.165 e. The largest absolute Gasteiger partial charge is 0.487 e. The molecule has 0 amide bonds. The van der Waals surface area contributed by atoms with Crippen molar-refractivity contribution < 1.29 is 9.13 Å². The Morgan fingerprint density at radius 1 is 1.29 bits per heavy atom. The monoisotopic (exact) mass is 293 g/mol. The normalized spacial score (nSPS) is 23.8. The number of hydrogen-bond acceptors (Lipinski definition) is 2. The molecule has 0 aromatic heterocycles. The van der Waals surface area contributed by atoms with E-state index in [0.717, 1.165) is 37.3 Å². The second-order valence-corrected chi connectivity index (χ2v) is 6.33. The van der Waals surface area contributed by atoms with E-state index in [4.69, 9.17) is 4.74 Å². The van der Waals surface area contributed by atoms with Gasteiger partial charge in [0.1, 0.15) is 0 Å². The molecule has 3 heteroatoms. The van der Waals surface area contributed by atoms with Crippen molar-refractivity contribution in [2.45, 2.75) is 65.0 Å². The van der Waals surface area contributed by atoms with E-state index in [0.29, 0.717) is 5.75 Å². The minimum absolute atomic E-state index is 0.109. The molecule has 1 aromatic rings. The molecule has 0 bridgehead atoms. The summed E-state index contributed by atoms with van der Waals surface area (Å²) >= 11 is 0. The topological polar surface area (TPSA) is 21.3 Å². The predicted octanol–water partition coefficient (Wildman–Crippen LogP) is 4.84. The third-order valence-electron chi connectivity index (χ3n) is 4.41. The first-order chi connectivity index (χ1) is 10.1. The average molecular weight is 293 g/mol.